The van der Waals surface area contributed by atoms with Gasteiger partial charge in [0.25, 0.3) is 11.5 Å². The first kappa shape index (κ1) is 18.4. The number of anilines is 1. The van der Waals surface area contributed by atoms with Gasteiger partial charge in [-0.15, -0.1) is 0 Å². The number of nitrogens with one attached hydrogen (secondary N) is 1. The summed E-state index contributed by atoms with van der Waals surface area (Å²) < 4.78 is 15.1. The van der Waals surface area contributed by atoms with E-state index in [4.69, 9.17) is 0 Å². The number of fused-ring (bicyclic) bond motifs is 1. The van der Waals surface area contributed by atoms with Crippen molar-refractivity contribution in [1.82, 2.24) is 24.4 Å². The highest BCUT2D eigenvalue weighted by Crippen LogP contribution is 2.33. The second-order valence-electron chi connectivity index (χ2n) is 7.69. The van der Waals surface area contributed by atoms with Crippen molar-refractivity contribution in [2.75, 3.05) is 18.4 Å². The Balaban J connectivity index is 1.41. The van der Waals surface area contributed by atoms with E-state index in [0.29, 0.717) is 49.0 Å². The predicted octanol–water partition coefficient (Wildman–Crippen LogP) is 1.94. The molecule has 0 aliphatic carbocycles. The Morgan fingerprint density at radius 2 is 2.00 bits per heavy atom. The number of halogens is 1. The van der Waals surface area contributed by atoms with Gasteiger partial charge in [0.1, 0.15) is 12.1 Å². The first-order valence-corrected chi connectivity index (χ1v) is 9.74. The summed E-state index contributed by atoms with van der Waals surface area (Å²) in [6, 6.07) is 8.91. The number of hydrogen-bond acceptors (Lipinski definition) is 6. The number of carbonyl (C=O) groups is 1. The number of rotatable bonds is 2. The van der Waals surface area contributed by atoms with Crippen LogP contribution in [0.5, 0.6) is 0 Å². The van der Waals surface area contributed by atoms with Crippen molar-refractivity contribution < 1.29 is 9.18 Å². The van der Waals surface area contributed by atoms with Crippen LogP contribution in [0.3, 0.4) is 0 Å². The van der Waals surface area contributed by atoms with Crippen LogP contribution >= 0.6 is 0 Å². The van der Waals surface area contributed by atoms with Gasteiger partial charge in [0.2, 0.25) is 5.95 Å². The number of likely N-dealkylation sites (tertiary alicyclic amines) is 1. The molecule has 152 valence electrons. The lowest BCUT2D eigenvalue weighted by Gasteiger charge is -2.36. The van der Waals surface area contributed by atoms with Crippen LogP contribution in [0.15, 0.2) is 53.7 Å². The topological polar surface area (TPSA) is 93.0 Å². The van der Waals surface area contributed by atoms with Gasteiger partial charge in [0, 0.05) is 37.5 Å². The molecule has 1 N–H and O–H groups in total. The third-order valence-electron chi connectivity index (χ3n) is 5.76. The molecule has 0 saturated carbocycles. The van der Waals surface area contributed by atoms with E-state index in [0.717, 1.165) is 6.42 Å². The molecule has 1 fully saturated rings. The SMILES string of the molecule is O=C(c1cccc(F)c1)N1CCC2(CCn3c(nc(-c4ccncn4)cc3=O)N2)C1. The lowest BCUT2D eigenvalue weighted by Crippen LogP contribution is -2.48. The minimum Gasteiger partial charge on any atom is -0.348 e. The van der Waals surface area contributed by atoms with Crippen LogP contribution < -0.4 is 10.9 Å². The zero-order chi connectivity index (χ0) is 20.7. The molecule has 2 aliphatic heterocycles. The van der Waals surface area contributed by atoms with Crippen LogP contribution in [0.2, 0.25) is 0 Å². The summed E-state index contributed by atoms with van der Waals surface area (Å²) in [6.07, 6.45) is 4.43. The summed E-state index contributed by atoms with van der Waals surface area (Å²) in [6.45, 7) is 1.54. The van der Waals surface area contributed by atoms with Crippen molar-refractivity contribution in [1.29, 1.82) is 0 Å². The molecule has 5 rings (SSSR count). The molecule has 1 aromatic carbocycles. The third kappa shape index (κ3) is 3.22. The molecule has 2 aromatic heterocycles. The van der Waals surface area contributed by atoms with Crippen molar-refractivity contribution in [3.05, 3.63) is 70.7 Å². The number of nitrogens with zero attached hydrogens (tertiary/aromatic N) is 5. The summed E-state index contributed by atoms with van der Waals surface area (Å²) in [7, 11) is 0. The molecule has 9 heteroatoms. The van der Waals surface area contributed by atoms with Crippen LogP contribution in [0.4, 0.5) is 10.3 Å². The van der Waals surface area contributed by atoms with E-state index < -0.39 is 5.82 Å². The standard InChI is InChI=1S/C21H19FN6O2/c22-15-3-1-2-14(10-15)19(30)27-8-5-21(12-27)6-9-28-18(29)11-17(25-20(28)26-21)16-4-7-23-13-24-16/h1-4,7,10-11,13H,5-6,8-9,12H2,(H,25,26). The Morgan fingerprint density at radius 3 is 2.80 bits per heavy atom. The molecular weight excluding hydrogens is 387 g/mol. The summed E-state index contributed by atoms with van der Waals surface area (Å²) in [5.74, 6) is -0.151. The highest BCUT2D eigenvalue weighted by molar-refractivity contribution is 5.94. The molecular formula is C21H19FN6O2. The van der Waals surface area contributed by atoms with Crippen LogP contribution in [0.25, 0.3) is 11.4 Å². The Morgan fingerprint density at radius 1 is 1.13 bits per heavy atom. The quantitative estimate of drug-likeness (QED) is 0.699. The van der Waals surface area contributed by atoms with Gasteiger partial charge >= 0.3 is 0 Å². The second kappa shape index (κ2) is 7.01. The highest BCUT2D eigenvalue weighted by Gasteiger charge is 2.43. The molecule has 2 aliphatic rings. The maximum Gasteiger partial charge on any atom is 0.255 e. The zero-order valence-electron chi connectivity index (χ0n) is 16.1. The first-order valence-electron chi connectivity index (χ1n) is 9.74. The minimum absolute atomic E-state index is 0.151. The molecule has 1 saturated heterocycles. The molecule has 4 heterocycles. The number of hydrogen-bond donors (Lipinski definition) is 1. The van der Waals surface area contributed by atoms with E-state index in [-0.39, 0.29) is 17.0 Å². The lowest BCUT2D eigenvalue weighted by molar-refractivity contribution is 0.0783. The molecule has 1 atom stereocenters. The van der Waals surface area contributed by atoms with Crippen LogP contribution in [0, 0.1) is 5.82 Å². The average molecular weight is 406 g/mol. The predicted molar refractivity (Wildman–Crippen MR) is 107 cm³/mol. The summed E-state index contributed by atoms with van der Waals surface area (Å²) in [5.41, 5.74) is 0.864. The van der Waals surface area contributed by atoms with Crippen LogP contribution in [-0.4, -0.2) is 49.0 Å². The Hall–Kier alpha value is -3.62. The molecule has 0 bridgehead atoms. The summed E-state index contributed by atoms with van der Waals surface area (Å²) >= 11 is 0. The first-order chi connectivity index (χ1) is 14.5. The molecule has 3 aromatic rings. The largest absolute Gasteiger partial charge is 0.348 e. The van der Waals surface area contributed by atoms with Crippen molar-refractivity contribution in [2.45, 2.75) is 24.9 Å². The maximum absolute atomic E-state index is 13.5. The van der Waals surface area contributed by atoms with Gasteiger partial charge in [0.15, 0.2) is 0 Å². The van der Waals surface area contributed by atoms with E-state index in [1.165, 1.54) is 30.6 Å². The maximum atomic E-state index is 13.5. The van der Waals surface area contributed by atoms with E-state index >= 15 is 0 Å². The Labute approximate surface area is 171 Å². The van der Waals surface area contributed by atoms with Gasteiger partial charge in [-0.05, 0) is 37.1 Å². The van der Waals surface area contributed by atoms with E-state index in [1.807, 2.05) is 0 Å². The van der Waals surface area contributed by atoms with E-state index in [1.54, 1.807) is 27.8 Å². The van der Waals surface area contributed by atoms with Crippen LogP contribution in [0.1, 0.15) is 23.2 Å². The fraction of sp³-hybridized carbons (Fsp3) is 0.286. The monoisotopic (exact) mass is 406 g/mol. The van der Waals surface area contributed by atoms with Gasteiger partial charge in [-0.3, -0.25) is 14.2 Å². The van der Waals surface area contributed by atoms with Crippen molar-refractivity contribution in [3.63, 3.8) is 0 Å². The Kier molecular flexibility index (Phi) is 4.30. The number of benzene rings is 1. The van der Waals surface area contributed by atoms with Gasteiger partial charge in [0.05, 0.1) is 16.9 Å². The summed E-state index contributed by atoms with van der Waals surface area (Å²) in [4.78, 5) is 39.8. The highest BCUT2D eigenvalue weighted by atomic mass is 19.1. The third-order valence-corrected chi connectivity index (χ3v) is 5.76. The van der Waals surface area contributed by atoms with Gasteiger partial charge in [-0.25, -0.2) is 19.3 Å². The molecule has 1 spiro atoms. The fourth-order valence-electron chi connectivity index (χ4n) is 4.17. The molecule has 1 unspecified atom stereocenters. The number of carbonyl (C=O) groups excluding carboxylic acids is 1. The van der Waals surface area contributed by atoms with Crippen molar-refractivity contribution in [3.8, 4) is 11.4 Å². The average Bonchev–Trinajstić information content (AvgIpc) is 3.16. The Bertz CT molecular complexity index is 1180. The molecule has 0 radical (unpaired) electrons. The van der Waals surface area contributed by atoms with E-state index in [2.05, 4.69) is 20.3 Å². The van der Waals surface area contributed by atoms with Crippen LogP contribution in [-0.2, 0) is 6.54 Å². The normalized spacial score (nSPS) is 20.1. The van der Waals surface area contributed by atoms with Gasteiger partial charge < -0.3 is 10.2 Å². The molecule has 1 amide bonds. The number of aromatic nitrogens is 4. The molecule has 30 heavy (non-hydrogen) atoms. The smallest absolute Gasteiger partial charge is 0.255 e. The van der Waals surface area contributed by atoms with Crippen molar-refractivity contribution in [2.24, 2.45) is 0 Å². The zero-order valence-corrected chi connectivity index (χ0v) is 16.1. The number of amides is 1. The van der Waals surface area contributed by atoms with E-state index in [9.17, 15) is 14.0 Å². The summed E-state index contributed by atoms with van der Waals surface area (Å²) in [5, 5.41) is 3.41. The molecule has 8 nitrogen and oxygen atoms in total. The second-order valence-corrected chi connectivity index (χ2v) is 7.69. The minimum atomic E-state index is -0.430. The fourth-order valence-corrected chi connectivity index (χ4v) is 4.17. The van der Waals surface area contributed by atoms with Gasteiger partial charge in [-0.2, -0.15) is 0 Å². The lowest BCUT2D eigenvalue weighted by atomic mass is 9.92. The van der Waals surface area contributed by atoms with Crippen molar-refractivity contribution >= 4 is 11.9 Å². The van der Waals surface area contributed by atoms with Gasteiger partial charge in [-0.1, -0.05) is 6.07 Å².